The lowest BCUT2D eigenvalue weighted by molar-refractivity contribution is 0.0694. The monoisotopic (exact) mass is 370 g/mol. The van der Waals surface area contributed by atoms with Crippen LogP contribution in [0.3, 0.4) is 0 Å². The number of hydrogen-bond acceptors (Lipinski definition) is 4. The third-order valence-electron chi connectivity index (χ3n) is 4.49. The van der Waals surface area contributed by atoms with E-state index in [9.17, 15) is 9.59 Å². The van der Waals surface area contributed by atoms with Crippen molar-refractivity contribution in [1.29, 1.82) is 0 Å². The zero-order chi connectivity index (χ0) is 19.6. The largest absolute Gasteiger partial charge is 0.478 e. The van der Waals surface area contributed by atoms with E-state index in [1.54, 1.807) is 21.1 Å². The van der Waals surface area contributed by atoms with Crippen LogP contribution in [0.5, 0.6) is 0 Å². The molecule has 0 saturated carbocycles. The second kappa shape index (κ2) is 7.67. The van der Waals surface area contributed by atoms with Crippen LogP contribution in [-0.4, -0.2) is 47.2 Å². The highest BCUT2D eigenvalue weighted by molar-refractivity contribution is 6.06. The fraction of sp³-hybridized carbons (Fsp3) is 0.300. The number of methoxy groups -OCH3 is 1. The molecule has 7 nitrogen and oxygen atoms in total. The number of nitrogens with zero attached hydrogens (tertiary/aromatic N) is 2. The molecule has 0 aliphatic heterocycles. The van der Waals surface area contributed by atoms with Gasteiger partial charge < -0.3 is 23.7 Å². The number of carboxylic acids is 1. The highest BCUT2D eigenvalue weighted by Gasteiger charge is 2.21. The van der Waals surface area contributed by atoms with Gasteiger partial charge in [-0.25, -0.2) is 4.79 Å². The van der Waals surface area contributed by atoms with Crippen LogP contribution >= 0.6 is 0 Å². The van der Waals surface area contributed by atoms with Gasteiger partial charge in [0.15, 0.2) is 0 Å². The molecule has 7 heteroatoms. The Labute approximate surface area is 156 Å². The molecule has 0 atom stereocenters. The molecule has 1 amide bonds. The lowest BCUT2D eigenvalue weighted by atomic mass is 10.1. The van der Waals surface area contributed by atoms with Crippen molar-refractivity contribution in [2.75, 3.05) is 20.8 Å². The smallest absolute Gasteiger partial charge is 0.339 e. The summed E-state index contributed by atoms with van der Waals surface area (Å²) < 4.78 is 12.6. The van der Waals surface area contributed by atoms with Crippen LogP contribution in [0.1, 0.15) is 32.2 Å². The second-order valence-electron chi connectivity index (χ2n) is 6.40. The molecule has 1 aromatic carbocycles. The van der Waals surface area contributed by atoms with Crippen molar-refractivity contribution in [2.24, 2.45) is 0 Å². The Morgan fingerprint density at radius 2 is 2.00 bits per heavy atom. The quantitative estimate of drug-likeness (QED) is 0.690. The Kier molecular flexibility index (Phi) is 5.32. The summed E-state index contributed by atoms with van der Waals surface area (Å²) in [7, 11) is 3.31. The molecular weight excluding hydrogens is 348 g/mol. The van der Waals surface area contributed by atoms with Gasteiger partial charge in [-0.15, -0.1) is 0 Å². The fourth-order valence-electron chi connectivity index (χ4n) is 3.14. The van der Waals surface area contributed by atoms with Gasteiger partial charge in [-0.3, -0.25) is 4.79 Å². The summed E-state index contributed by atoms with van der Waals surface area (Å²) in [5, 5.41) is 10.0. The number of ether oxygens (including phenoxy) is 1. The normalized spacial score (nSPS) is 11.1. The average Bonchev–Trinajstić information content (AvgIpc) is 3.20. The first kappa shape index (κ1) is 18.7. The molecule has 0 bridgehead atoms. The van der Waals surface area contributed by atoms with Crippen molar-refractivity contribution >= 4 is 22.8 Å². The Bertz CT molecular complexity index is 986. The number of amides is 1. The molecule has 0 fully saturated rings. The highest BCUT2D eigenvalue weighted by Crippen LogP contribution is 2.24. The van der Waals surface area contributed by atoms with Crippen molar-refractivity contribution in [3.8, 4) is 0 Å². The number of carboxylic acid groups (broad SMARTS) is 1. The predicted molar refractivity (Wildman–Crippen MR) is 100 cm³/mol. The number of fused-ring (bicyclic) bond motifs is 1. The van der Waals surface area contributed by atoms with Crippen LogP contribution in [0.25, 0.3) is 10.9 Å². The Hall–Kier alpha value is -3.06. The minimum absolute atomic E-state index is 0.113. The van der Waals surface area contributed by atoms with Crippen molar-refractivity contribution in [2.45, 2.75) is 20.0 Å². The molecule has 27 heavy (non-hydrogen) atoms. The van der Waals surface area contributed by atoms with Crippen LogP contribution < -0.4 is 0 Å². The summed E-state index contributed by atoms with van der Waals surface area (Å²) in [4.78, 5) is 25.7. The maximum Gasteiger partial charge on any atom is 0.339 e. The van der Waals surface area contributed by atoms with Gasteiger partial charge >= 0.3 is 5.97 Å². The molecule has 2 aromatic heterocycles. The number of aromatic nitrogens is 1. The molecule has 0 unspecified atom stereocenters. The Morgan fingerprint density at radius 1 is 1.26 bits per heavy atom. The average molecular weight is 370 g/mol. The molecule has 0 aliphatic rings. The van der Waals surface area contributed by atoms with Gasteiger partial charge in [-0.1, -0.05) is 18.2 Å². The molecule has 3 aromatic rings. The van der Waals surface area contributed by atoms with Gasteiger partial charge in [0.05, 0.1) is 18.7 Å². The number of rotatable bonds is 7. The Morgan fingerprint density at radius 3 is 2.67 bits per heavy atom. The van der Waals surface area contributed by atoms with Gasteiger partial charge in [0, 0.05) is 37.8 Å². The van der Waals surface area contributed by atoms with E-state index in [0.717, 1.165) is 10.9 Å². The van der Waals surface area contributed by atoms with E-state index in [2.05, 4.69) is 0 Å². The van der Waals surface area contributed by atoms with Gasteiger partial charge in [-0.05, 0) is 19.1 Å². The van der Waals surface area contributed by atoms with Crippen molar-refractivity contribution in [3.05, 3.63) is 59.2 Å². The summed E-state index contributed by atoms with van der Waals surface area (Å²) in [6, 6.07) is 9.18. The molecule has 1 N–H and O–H groups in total. The van der Waals surface area contributed by atoms with Crippen LogP contribution in [0, 0.1) is 6.92 Å². The zero-order valence-corrected chi connectivity index (χ0v) is 15.6. The Balaban J connectivity index is 1.86. The lowest BCUT2D eigenvalue weighted by Gasteiger charge is -2.15. The van der Waals surface area contributed by atoms with Crippen LogP contribution in [0.4, 0.5) is 0 Å². The van der Waals surface area contributed by atoms with Crippen LogP contribution in [0.2, 0.25) is 0 Å². The summed E-state index contributed by atoms with van der Waals surface area (Å²) in [5.41, 5.74) is 1.67. The number of benzene rings is 1. The molecule has 0 saturated heterocycles. The van der Waals surface area contributed by atoms with E-state index in [4.69, 9.17) is 14.3 Å². The lowest BCUT2D eigenvalue weighted by Crippen LogP contribution is -2.25. The maximum absolute atomic E-state index is 13.0. The third-order valence-corrected chi connectivity index (χ3v) is 4.49. The SMILES string of the molecule is COCCn1cc(C(=O)N(C)Cc2cc(C(=O)O)c(C)o2)c2ccccc21. The van der Waals surface area contributed by atoms with E-state index >= 15 is 0 Å². The predicted octanol–water partition coefficient (Wildman–Crippen LogP) is 3.16. The van der Waals surface area contributed by atoms with Crippen molar-refractivity contribution in [3.63, 3.8) is 0 Å². The number of para-hydroxylation sites is 1. The number of hydrogen-bond donors (Lipinski definition) is 1. The van der Waals surface area contributed by atoms with E-state index in [1.807, 2.05) is 35.0 Å². The molecule has 3 rings (SSSR count). The molecule has 0 spiro atoms. The fourth-order valence-corrected chi connectivity index (χ4v) is 3.14. The zero-order valence-electron chi connectivity index (χ0n) is 15.6. The number of carbonyl (C=O) groups excluding carboxylic acids is 1. The molecule has 0 radical (unpaired) electrons. The van der Waals surface area contributed by atoms with Crippen molar-refractivity contribution in [1.82, 2.24) is 9.47 Å². The van der Waals surface area contributed by atoms with Gasteiger partial charge in [0.2, 0.25) is 0 Å². The topological polar surface area (TPSA) is 84.9 Å². The first-order valence-electron chi connectivity index (χ1n) is 8.57. The second-order valence-corrected chi connectivity index (χ2v) is 6.40. The first-order valence-corrected chi connectivity index (χ1v) is 8.57. The molecule has 2 heterocycles. The summed E-state index contributed by atoms with van der Waals surface area (Å²) in [6.45, 7) is 2.97. The van der Waals surface area contributed by atoms with Crippen molar-refractivity contribution < 1.29 is 23.8 Å². The molecule has 0 aliphatic carbocycles. The summed E-state index contributed by atoms with van der Waals surface area (Å²) in [5.74, 6) is -0.440. The van der Waals surface area contributed by atoms with E-state index < -0.39 is 5.97 Å². The third kappa shape index (κ3) is 3.73. The molecular formula is C20H22N2O5. The minimum atomic E-state index is -1.04. The highest BCUT2D eigenvalue weighted by atomic mass is 16.5. The van der Waals surface area contributed by atoms with E-state index in [1.165, 1.54) is 11.0 Å². The summed E-state index contributed by atoms with van der Waals surface area (Å²) >= 11 is 0. The van der Waals surface area contributed by atoms with Crippen LogP contribution in [-0.2, 0) is 17.8 Å². The summed E-state index contributed by atoms with van der Waals surface area (Å²) in [6.07, 6.45) is 1.83. The van der Waals surface area contributed by atoms with Gasteiger partial charge in [0.1, 0.15) is 17.1 Å². The van der Waals surface area contributed by atoms with Crippen LogP contribution in [0.15, 0.2) is 40.9 Å². The number of furan rings is 1. The standard InChI is InChI=1S/C20H22N2O5/c1-13-16(20(24)25)10-14(27-13)11-21(2)19(23)17-12-22(8-9-26-3)18-7-5-4-6-15(17)18/h4-7,10,12H,8-9,11H2,1-3H3,(H,24,25). The molecule has 142 valence electrons. The number of aryl methyl sites for hydroxylation is 1. The van der Waals surface area contributed by atoms with Gasteiger partial charge in [-0.2, -0.15) is 0 Å². The first-order chi connectivity index (χ1) is 12.9. The number of carbonyl (C=O) groups is 2. The van der Waals surface area contributed by atoms with E-state index in [0.29, 0.717) is 30.2 Å². The van der Waals surface area contributed by atoms with Gasteiger partial charge in [0.25, 0.3) is 5.91 Å². The van der Waals surface area contributed by atoms with E-state index in [-0.39, 0.29) is 18.0 Å². The maximum atomic E-state index is 13.0. The minimum Gasteiger partial charge on any atom is -0.478 e. The number of aromatic carboxylic acids is 1.